The van der Waals surface area contributed by atoms with Crippen LogP contribution in [0.2, 0.25) is 0 Å². The van der Waals surface area contributed by atoms with E-state index in [1.54, 1.807) is 0 Å². The predicted octanol–water partition coefficient (Wildman–Crippen LogP) is -2.07. The molecule has 0 saturated heterocycles. The van der Waals surface area contributed by atoms with Crippen molar-refractivity contribution >= 4 is 5.97 Å². The zero-order chi connectivity index (χ0) is 3.58. The van der Waals surface area contributed by atoms with Gasteiger partial charge in [-0.1, -0.05) is 0 Å². The van der Waals surface area contributed by atoms with Crippen LogP contribution in [0.15, 0.2) is 0 Å². The first kappa shape index (κ1) is 16.7. The Morgan fingerprint density at radius 1 is 1.67 bits per heavy atom. The van der Waals surface area contributed by atoms with Crippen molar-refractivity contribution in [2.45, 2.75) is 6.92 Å². The number of aliphatic carboxylic acids is 1. The third-order valence-corrected chi connectivity index (χ3v) is 0. The molecule has 0 unspecified atom stereocenters. The molecule has 0 atom stereocenters. The van der Waals surface area contributed by atoms with Crippen LogP contribution >= 0.6 is 0 Å². The first-order valence-corrected chi connectivity index (χ1v) is 0.908. The quantitative estimate of drug-likeness (QED) is 0.377. The molecule has 0 rings (SSSR count). The number of rotatable bonds is 0. The van der Waals surface area contributed by atoms with Gasteiger partial charge in [0.25, 0.3) is 0 Å². The molecular formula is C2H5CrO3+. The fourth-order valence-electron chi connectivity index (χ4n) is 0. The predicted molar refractivity (Wildman–Crippen MR) is 14.3 cm³/mol. The monoisotopic (exact) mass is 129 g/mol. The standard InChI is InChI=1S/C2H4O2.Cr.H2O/c1-2(3)4;;/h1H3,(H,3,4);;1H2/q;+2;/p-1. The van der Waals surface area contributed by atoms with Gasteiger partial charge in [0.15, 0.2) is 0 Å². The van der Waals surface area contributed by atoms with Crippen LogP contribution in [-0.2, 0) is 22.2 Å². The maximum atomic E-state index is 8.89. The molecule has 0 amide bonds. The molecule has 0 saturated carbocycles. The smallest absolute Gasteiger partial charge is 0.550 e. The zero-order valence-electron chi connectivity index (χ0n) is 3.22. The summed E-state index contributed by atoms with van der Waals surface area (Å²) in [7, 11) is 0. The summed E-state index contributed by atoms with van der Waals surface area (Å²) in [4.78, 5) is 8.89. The molecule has 0 heterocycles. The van der Waals surface area contributed by atoms with Crippen LogP contribution in [0.1, 0.15) is 6.92 Å². The van der Waals surface area contributed by atoms with Crippen LogP contribution < -0.4 is 5.11 Å². The van der Waals surface area contributed by atoms with Crippen molar-refractivity contribution < 1.29 is 32.7 Å². The molecule has 0 aromatic heterocycles. The molecule has 0 bridgehead atoms. The first-order chi connectivity index (χ1) is 1.73. The van der Waals surface area contributed by atoms with Crippen molar-refractivity contribution in [3.05, 3.63) is 0 Å². The minimum Gasteiger partial charge on any atom is -0.550 e. The Morgan fingerprint density at radius 2 is 1.67 bits per heavy atom. The van der Waals surface area contributed by atoms with Gasteiger partial charge >= 0.3 is 17.4 Å². The zero-order valence-corrected chi connectivity index (χ0v) is 4.50. The Bertz CT molecular complexity index is 31.8. The second-order valence-electron chi connectivity index (χ2n) is 0.492. The van der Waals surface area contributed by atoms with Crippen LogP contribution in [0.4, 0.5) is 0 Å². The maximum Gasteiger partial charge on any atom is 2.00 e. The Kier molecular flexibility index (Phi) is 24.8. The number of carboxylic acids is 1. The molecule has 0 fully saturated rings. The fraction of sp³-hybridized carbons (Fsp3) is 0.500. The van der Waals surface area contributed by atoms with Gasteiger partial charge in [0, 0.05) is 5.97 Å². The third-order valence-electron chi connectivity index (χ3n) is 0. The summed E-state index contributed by atoms with van der Waals surface area (Å²) in [5, 5.41) is 8.89. The van der Waals surface area contributed by atoms with Gasteiger partial charge in [-0.25, -0.2) is 0 Å². The second kappa shape index (κ2) is 8.88. The molecule has 36 valence electrons. The molecule has 0 aromatic rings. The van der Waals surface area contributed by atoms with Crippen LogP contribution in [0.5, 0.6) is 0 Å². The van der Waals surface area contributed by atoms with Crippen molar-refractivity contribution in [1.82, 2.24) is 0 Å². The summed E-state index contributed by atoms with van der Waals surface area (Å²) in [6.07, 6.45) is 0. The minimum atomic E-state index is -1.08. The van der Waals surface area contributed by atoms with E-state index in [-0.39, 0.29) is 22.8 Å². The van der Waals surface area contributed by atoms with Crippen LogP contribution in [0.3, 0.4) is 0 Å². The Morgan fingerprint density at radius 3 is 1.67 bits per heavy atom. The van der Waals surface area contributed by atoms with Gasteiger partial charge in [-0.2, -0.15) is 0 Å². The van der Waals surface area contributed by atoms with E-state index in [0.29, 0.717) is 0 Å². The van der Waals surface area contributed by atoms with Gasteiger partial charge in [-0.15, -0.1) is 0 Å². The largest absolute Gasteiger partial charge is 2.00 e. The SMILES string of the molecule is CC(=O)[O-].O.[Cr+2]. The van der Waals surface area contributed by atoms with E-state index in [4.69, 9.17) is 9.90 Å². The van der Waals surface area contributed by atoms with Gasteiger partial charge in [0.1, 0.15) is 0 Å². The average Bonchev–Trinajstić information content (AvgIpc) is 0.811. The molecule has 2 N–H and O–H groups in total. The van der Waals surface area contributed by atoms with Crippen LogP contribution in [-0.4, -0.2) is 11.4 Å². The van der Waals surface area contributed by atoms with E-state index >= 15 is 0 Å². The number of hydrogen-bond acceptors (Lipinski definition) is 2. The summed E-state index contributed by atoms with van der Waals surface area (Å²) in [5.74, 6) is -1.08. The van der Waals surface area contributed by atoms with Gasteiger partial charge < -0.3 is 15.4 Å². The topological polar surface area (TPSA) is 71.6 Å². The van der Waals surface area contributed by atoms with Crippen molar-refractivity contribution in [3.8, 4) is 0 Å². The van der Waals surface area contributed by atoms with Gasteiger partial charge in [-0.05, 0) is 6.92 Å². The molecule has 0 aliphatic heterocycles. The van der Waals surface area contributed by atoms with Gasteiger partial charge in [-0.3, -0.25) is 0 Å². The van der Waals surface area contributed by atoms with Crippen LogP contribution in [0.25, 0.3) is 0 Å². The fourth-order valence-corrected chi connectivity index (χ4v) is 0. The molecule has 0 radical (unpaired) electrons. The summed E-state index contributed by atoms with van der Waals surface area (Å²) in [6.45, 7) is 0.972. The molecular weight excluding hydrogens is 124 g/mol. The number of carbonyl (C=O) groups excluding carboxylic acids is 1. The van der Waals surface area contributed by atoms with E-state index in [2.05, 4.69) is 0 Å². The Balaban J connectivity index is -0.0000000450. The second-order valence-corrected chi connectivity index (χ2v) is 0.492. The summed E-state index contributed by atoms with van der Waals surface area (Å²) >= 11 is 0. The van der Waals surface area contributed by atoms with E-state index < -0.39 is 5.97 Å². The van der Waals surface area contributed by atoms with E-state index in [1.807, 2.05) is 0 Å². The van der Waals surface area contributed by atoms with Crippen molar-refractivity contribution in [3.63, 3.8) is 0 Å². The molecule has 6 heavy (non-hydrogen) atoms. The molecule has 0 aromatic carbocycles. The first-order valence-electron chi connectivity index (χ1n) is 0.908. The summed E-state index contributed by atoms with van der Waals surface area (Å²) in [5.41, 5.74) is 0. The number of carboxylic acid groups (broad SMARTS) is 1. The van der Waals surface area contributed by atoms with Crippen molar-refractivity contribution in [2.24, 2.45) is 0 Å². The Labute approximate surface area is 46.4 Å². The summed E-state index contributed by atoms with van der Waals surface area (Å²) in [6, 6.07) is 0. The third kappa shape index (κ3) is 24700. The maximum absolute atomic E-state index is 8.89. The van der Waals surface area contributed by atoms with Crippen molar-refractivity contribution in [2.75, 3.05) is 0 Å². The van der Waals surface area contributed by atoms with Gasteiger partial charge in [0.05, 0.1) is 0 Å². The normalized spacial score (nSPS) is 4.17. The number of hydrogen-bond donors (Lipinski definition) is 0. The minimum absolute atomic E-state index is 0. The molecule has 0 aliphatic rings. The molecule has 3 nitrogen and oxygen atoms in total. The molecule has 4 heteroatoms. The average molecular weight is 129 g/mol. The molecule has 0 aliphatic carbocycles. The van der Waals surface area contributed by atoms with E-state index in [0.717, 1.165) is 6.92 Å². The van der Waals surface area contributed by atoms with E-state index in [1.165, 1.54) is 0 Å². The van der Waals surface area contributed by atoms with E-state index in [9.17, 15) is 0 Å². The number of carbonyl (C=O) groups is 1. The Hall–Kier alpha value is -0.0375. The summed E-state index contributed by atoms with van der Waals surface area (Å²) < 4.78 is 0. The van der Waals surface area contributed by atoms with Crippen molar-refractivity contribution in [1.29, 1.82) is 0 Å². The molecule has 0 spiro atoms. The van der Waals surface area contributed by atoms with Crippen LogP contribution in [0, 0.1) is 0 Å². The van der Waals surface area contributed by atoms with Gasteiger partial charge in [0.2, 0.25) is 0 Å².